The van der Waals surface area contributed by atoms with Gasteiger partial charge in [0.15, 0.2) is 0 Å². The number of ether oxygens (including phenoxy) is 1. The van der Waals surface area contributed by atoms with E-state index in [1.165, 1.54) is 12.1 Å². The fourth-order valence-corrected chi connectivity index (χ4v) is 2.55. The Morgan fingerprint density at radius 2 is 2.05 bits per heavy atom. The first-order valence-electron chi connectivity index (χ1n) is 6.28. The maximum Gasteiger partial charge on any atom is 0.446 e. The van der Waals surface area contributed by atoms with E-state index in [1.807, 2.05) is 6.07 Å². The second kappa shape index (κ2) is 7.36. The number of esters is 1. The van der Waals surface area contributed by atoms with Crippen LogP contribution in [0, 0.1) is 11.3 Å². The Morgan fingerprint density at radius 3 is 2.52 bits per heavy atom. The van der Waals surface area contributed by atoms with Gasteiger partial charge in [-0.3, -0.25) is 4.79 Å². The molecular formula is C14H14F3NO2S. The third-order valence-electron chi connectivity index (χ3n) is 2.70. The molecule has 114 valence electrons. The molecule has 1 rings (SSSR count). The average Bonchev–Trinajstić information content (AvgIpc) is 2.39. The van der Waals surface area contributed by atoms with E-state index < -0.39 is 11.5 Å². The fourth-order valence-electron chi connectivity index (χ4n) is 1.86. The summed E-state index contributed by atoms with van der Waals surface area (Å²) >= 11 is -0.323. The van der Waals surface area contributed by atoms with Crippen LogP contribution in [0.2, 0.25) is 0 Å². The van der Waals surface area contributed by atoms with Crippen molar-refractivity contribution in [1.29, 1.82) is 5.26 Å². The van der Waals surface area contributed by atoms with Gasteiger partial charge < -0.3 is 4.74 Å². The quantitative estimate of drug-likeness (QED) is 0.611. The topological polar surface area (TPSA) is 50.1 Å². The van der Waals surface area contributed by atoms with Crippen molar-refractivity contribution in [2.75, 3.05) is 6.61 Å². The summed E-state index contributed by atoms with van der Waals surface area (Å²) in [5, 5.41) is 9.20. The van der Waals surface area contributed by atoms with Crippen LogP contribution in [0.1, 0.15) is 30.5 Å². The van der Waals surface area contributed by atoms with E-state index in [0.717, 1.165) is 0 Å². The van der Waals surface area contributed by atoms with Crippen LogP contribution in [0.15, 0.2) is 17.0 Å². The van der Waals surface area contributed by atoms with Crippen LogP contribution < -0.4 is 0 Å². The molecule has 0 aliphatic carbocycles. The van der Waals surface area contributed by atoms with Crippen molar-refractivity contribution in [2.24, 2.45) is 0 Å². The predicted molar refractivity (Wildman–Crippen MR) is 72.8 cm³/mol. The lowest BCUT2D eigenvalue weighted by Gasteiger charge is -2.14. The molecule has 0 spiro atoms. The summed E-state index contributed by atoms with van der Waals surface area (Å²) in [7, 11) is 0. The molecule has 0 heterocycles. The Kier molecular flexibility index (Phi) is 6.09. The Morgan fingerprint density at radius 1 is 1.38 bits per heavy atom. The van der Waals surface area contributed by atoms with Crippen LogP contribution in [-0.4, -0.2) is 18.1 Å². The average molecular weight is 317 g/mol. The van der Waals surface area contributed by atoms with Gasteiger partial charge in [-0.25, -0.2) is 0 Å². The van der Waals surface area contributed by atoms with Crippen molar-refractivity contribution < 1.29 is 22.7 Å². The van der Waals surface area contributed by atoms with Gasteiger partial charge in [-0.2, -0.15) is 18.4 Å². The molecule has 7 heteroatoms. The predicted octanol–water partition coefficient (Wildman–Crippen LogP) is 3.84. The van der Waals surface area contributed by atoms with Crippen molar-refractivity contribution in [3.05, 3.63) is 28.8 Å². The second-order valence-corrected chi connectivity index (χ2v) is 5.18. The first-order valence-corrected chi connectivity index (χ1v) is 7.10. The minimum atomic E-state index is -4.48. The van der Waals surface area contributed by atoms with Crippen molar-refractivity contribution in [3.63, 3.8) is 0 Å². The van der Waals surface area contributed by atoms with Crippen LogP contribution >= 0.6 is 11.8 Å². The third kappa shape index (κ3) is 4.97. The SMILES string of the molecule is CCOC(=O)Cc1c(SC(F)(F)F)ccc(CC)c1C#N. The molecule has 0 aliphatic rings. The standard InChI is InChI=1S/C14H14F3NO2S/c1-3-9-5-6-12(21-14(15,16)17)10(11(9)8-18)7-13(19)20-4-2/h5-6H,3-4,7H2,1-2H3. The number of hydrogen-bond acceptors (Lipinski definition) is 4. The molecule has 0 fully saturated rings. The molecule has 21 heavy (non-hydrogen) atoms. The van der Waals surface area contributed by atoms with Crippen LogP contribution in [0.5, 0.6) is 0 Å². The number of rotatable bonds is 5. The Labute approximate surface area is 125 Å². The molecule has 3 nitrogen and oxygen atoms in total. The van der Waals surface area contributed by atoms with Gasteiger partial charge in [0.2, 0.25) is 0 Å². The summed E-state index contributed by atoms with van der Waals surface area (Å²) in [5.41, 5.74) is -3.66. The Bertz CT molecular complexity index is 565. The summed E-state index contributed by atoms with van der Waals surface area (Å²) in [4.78, 5) is 11.4. The second-order valence-electron chi connectivity index (χ2n) is 4.07. The van der Waals surface area contributed by atoms with E-state index in [4.69, 9.17) is 4.74 Å². The summed E-state index contributed by atoms with van der Waals surface area (Å²) in [6, 6.07) is 4.69. The minimum absolute atomic E-state index is 0.0811. The highest BCUT2D eigenvalue weighted by Crippen LogP contribution is 2.40. The summed E-state index contributed by atoms with van der Waals surface area (Å²) in [6.45, 7) is 3.54. The maximum atomic E-state index is 12.6. The van der Waals surface area contributed by atoms with E-state index in [0.29, 0.717) is 12.0 Å². The van der Waals surface area contributed by atoms with E-state index in [-0.39, 0.29) is 40.8 Å². The van der Waals surface area contributed by atoms with Crippen molar-refractivity contribution in [1.82, 2.24) is 0 Å². The van der Waals surface area contributed by atoms with E-state index in [2.05, 4.69) is 0 Å². The number of thioether (sulfide) groups is 1. The highest BCUT2D eigenvalue weighted by Gasteiger charge is 2.31. The van der Waals surface area contributed by atoms with Crippen molar-refractivity contribution in [2.45, 2.75) is 37.1 Å². The molecule has 0 N–H and O–H groups in total. The number of aryl methyl sites for hydroxylation is 1. The molecule has 0 aromatic heterocycles. The number of carbonyl (C=O) groups excluding carboxylic acids is 1. The van der Waals surface area contributed by atoms with E-state index in [1.54, 1.807) is 13.8 Å². The zero-order chi connectivity index (χ0) is 16.0. The van der Waals surface area contributed by atoms with Gasteiger partial charge in [0, 0.05) is 4.90 Å². The molecule has 1 aromatic carbocycles. The first kappa shape index (κ1) is 17.4. The zero-order valence-corrected chi connectivity index (χ0v) is 12.4. The maximum absolute atomic E-state index is 12.6. The Hall–Kier alpha value is -1.68. The Balaban J connectivity index is 3.30. The molecule has 0 radical (unpaired) electrons. The molecule has 0 amide bonds. The molecule has 1 aromatic rings. The molecule has 0 saturated heterocycles. The molecule has 0 bridgehead atoms. The lowest BCUT2D eigenvalue weighted by atomic mass is 9.98. The number of carbonyl (C=O) groups is 1. The number of nitrogens with zero attached hydrogens (tertiary/aromatic N) is 1. The van der Waals surface area contributed by atoms with Crippen LogP contribution in [0.4, 0.5) is 13.2 Å². The summed E-state index contributed by atoms with van der Waals surface area (Å²) < 4.78 is 42.5. The smallest absolute Gasteiger partial charge is 0.446 e. The molecular weight excluding hydrogens is 303 g/mol. The zero-order valence-electron chi connectivity index (χ0n) is 11.6. The number of alkyl halides is 3. The monoisotopic (exact) mass is 317 g/mol. The number of benzene rings is 1. The van der Waals surface area contributed by atoms with Gasteiger partial charge in [-0.15, -0.1) is 0 Å². The summed E-state index contributed by atoms with van der Waals surface area (Å²) in [6.07, 6.45) is 0.151. The lowest BCUT2D eigenvalue weighted by Crippen LogP contribution is -2.12. The number of nitriles is 1. The van der Waals surface area contributed by atoms with Gasteiger partial charge >= 0.3 is 11.5 Å². The van der Waals surface area contributed by atoms with E-state index in [9.17, 15) is 23.2 Å². The summed E-state index contributed by atoms with van der Waals surface area (Å²) in [5.74, 6) is -0.647. The third-order valence-corrected chi connectivity index (χ3v) is 3.53. The molecule has 0 saturated carbocycles. The molecule has 0 unspecified atom stereocenters. The van der Waals surface area contributed by atoms with Gasteiger partial charge in [0.25, 0.3) is 0 Å². The number of halogens is 3. The minimum Gasteiger partial charge on any atom is -0.466 e. The molecule has 0 aliphatic heterocycles. The lowest BCUT2D eigenvalue weighted by molar-refractivity contribution is -0.142. The largest absolute Gasteiger partial charge is 0.466 e. The van der Waals surface area contributed by atoms with Gasteiger partial charge in [-0.05, 0) is 42.3 Å². The first-order chi connectivity index (χ1) is 9.82. The normalized spacial score (nSPS) is 11.0. The number of hydrogen-bond donors (Lipinski definition) is 0. The van der Waals surface area contributed by atoms with Crippen LogP contribution in [0.25, 0.3) is 0 Å². The van der Waals surface area contributed by atoms with Gasteiger partial charge in [-0.1, -0.05) is 13.0 Å². The van der Waals surface area contributed by atoms with Crippen LogP contribution in [-0.2, 0) is 22.4 Å². The van der Waals surface area contributed by atoms with Gasteiger partial charge in [0.1, 0.15) is 0 Å². The van der Waals surface area contributed by atoms with Crippen LogP contribution in [0.3, 0.4) is 0 Å². The van der Waals surface area contributed by atoms with Gasteiger partial charge in [0.05, 0.1) is 24.7 Å². The fraction of sp³-hybridized carbons (Fsp3) is 0.429. The van der Waals surface area contributed by atoms with E-state index >= 15 is 0 Å². The highest BCUT2D eigenvalue weighted by atomic mass is 32.2. The molecule has 0 atom stereocenters. The van der Waals surface area contributed by atoms with Crippen molar-refractivity contribution in [3.8, 4) is 6.07 Å². The van der Waals surface area contributed by atoms with Crippen molar-refractivity contribution >= 4 is 17.7 Å². The highest BCUT2D eigenvalue weighted by molar-refractivity contribution is 8.00.